The Morgan fingerprint density at radius 1 is 0.667 bits per heavy atom. The van der Waals surface area contributed by atoms with E-state index < -0.39 is 23.1 Å². The maximum atomic E-state index is 14.2. The van der Waals surface area contributed by atoms with Crippen LogP contribution in [0.5, 0.6) is 17.2 Å². The van der Waals surface area contributed by atoms with Gasteiger partial charge in [0.1, 0.15) is 24.7 Å². The first-order valence-corrected chi connectivity index (χ1v) is 28.8. The van der Waals surface area contributed by atoms with E-state index in [1.807, 2.05) is 83.5 Å². The number of aryl methyl sites for hydroxylation is 3. The number of ether oxygens (including phenoxy) is 3. The Bertz CT molecular complexity index is 3340. The number of carbonyl (C=O) groups excluding carboxylic acids is 8. The molecule has 0 bridgehead atoms. The van der Waals surface area contributed by atoms with E-state index in [0.29, 0.717) is 65.3 Å². The lowest BCUT2D eigenvalue weighted by Gasteiger charge is -2.23. The summed E-state index contributed by atoms with van der Waals surface area (Å²) < 4.78 is 18.9. The number of imide groups is 1. The van der Waals surface area contributed by atoms with E-state index >= 15 is 0 Å². The van der Waals surface area contributed by atoms with Gasteiger partial charge in [0.2, 0.25) is 23.6 Å². The summed E-state index contributed by atoms with van der Waals surface area (Å²) in [5.74, 6) is -1.02. The average molecular weight is 1120 g/mol. The topological polar surface area (TPSA) is 198 Å². The number of methoxy groups -OCH3 is 1. The van der Waals surface area contributed by atoms with Crippen molar-refractivity contribution in [2.75, 3.05) is 28.8 Å². The number of amides is 6. The van der Waals surface area contributed by atoms with Crippen LogP contribution in [0.25, 0.3) is 0 Å². The zero-order valence-electron chi connectivity index (χ0n) is 46.3. The van der Waals surface area contributed by atoms with Crippen molar-refractivity contribution in [3.05, 3.63) is 141 Å². The molecule has 0 aromatic heterocycles. The lowest BCUT2D eigenvalue weighted by atomic mass is 9.98. The average Bonchev–Trinajstić information content (AvgIpc) is 4.09. The third-order valence-electron chi connectivity index (χ3n) is 16.4. The Morgan fingerprint density at radius 3 is 1.84 bits per heavy atom. The standard InChI is InChI=1S/C64H69N5O11S/c1-37-24-50-42(19-21-47-29-44-12-5-8-16-52(44)68(47)62(50)75)31-55(37)79-35-40-26-41(36-80-57-32-43-20-22-48-30-45-13-6-9-17-53(45)69(48)63(76)51(43)33-56(57)78-4)28-46(27-40)66-61(74)38(2)25-54(71)39(3)65-59(72)18-10-7-14-49(70)15-11-23-67-60(73)34-58(81)64(67)77/h5-6,8-9,12-13,16-17,24,26-28,31-33,38-39,47-48,58,81H,7,10-11,14-15,18-23,25,29-30,34-36H2,1-4H3,(H,65,72)(H,66,74)/t38-,39+,47-,48-,58?/m1/s1. The number of carbonyl (C=O) groups is 8. The van der Waals surface area contributed by atoms with Gasteiger partial charge in [-0.15, -0.1) is 0 Å². The van der Waals surface area contributed by atoms with Gasteiger partial charge in [0.05, 0.1) is 18.4 Å². The molecule has 10 rings (SSSR count). The van der Waals surface area contributed by atoms with E-state index in [9.17, 15) is 38.4 Å². The number of nitrogens with one attached hydrogen (secondary N) is 2. The molecule has 0 spiro atoms. The van der Waals surface area contributed by atoms with E-state index in [2.05, 4.69) is 35.4 Å². The molecular formula is C64H69N5O11S. The number of nitrogens with zero attached hydrogens (tertiary/aromatic N) is 3. The second-order valence-electron chi connectivity index (χ2n) is 22.3. The number of Topliss-reactive ketones (excluding diaryl/α,β-unsaturated/α-hetero) is 2. The number of para-hydroxylation sites is 2. The molecule has 1 unspecified atom stereocenters. The maximum Gasteiger partial charge on any atom is 0.258 e. The third-order valence-corrected chi connectivity index (χ3v) is 16.8. The van der Waals surface area contributed by atoms with Gasteiger partial charge in [-0.1, -0.05) is 43.3 Å². The summed E-state index contributed by atoms with van der Waals surface area (Å²) in [4.78, 5) is 110. The molecule has 5 aliphatic heterocycles. The van der Waals surface area contributed by atoms with Crippen LogP contribution in [-0.4, -0.2) is 88.9 Å². The molecule has 422 valence electrons. The summed E-state index contributed by atoms with van der Waals surface area (Å²) in [7, 11) is 1.54. The number of fused-ring (bicyclic) bond motifs is 8. The zero-order chi connectivity index (χ0) is 57.1. The van der Waals surface area contributed by atoms with Gasteiger partial charge < -0.3 is 34.6 Å². The SMILES string of the molecule is COc1cc2c(cc1OCc1cc(COc3cc4c(cc3C)C(=O)N3c5ccccc5C[C@H]3CC4)cc(NC(=O)[C@H](C)CC(=O)[C@H](C)NC(=O)CCCCC(=O)CCCN3C(=O)CC(S)C3=O)c1)CC[C@@H]1Cc3ccccc3N1C2=O. The van der Waals surface area contributed by atoms with Crippen LogP contribution in [0.4, 0.5) is 17.1 Å². The summed E-state index contributed by atoms with van der Waals surface area (Å²) in [5.41, 5.74) is 10.00. The number of thiol groups is 1. The number of anilines is 3. The molecule has 81 heavy (non-hydrogen) atoms. The highest BCUT2D eigenvalue weighted by Gasteiger charge is 2.40. The summed E-state index contributed by atoms with van der Waals surface area (Å²) >= 11 is 4.13. The van der Waals surface area contributed by atoms with Crippen molar-refractivity contribution in [2.45, 2.75) is 147 Å². The molecule has 6 amide bonds. The van der Waals surface area contributed by atoms with E-state index in [1.54, 1.807) is 33.1 Å². The molecule has 1 saturated heterocycles. The van der Waals surface area contributed by atoms with Crippen molar-refractivity contribution < 1.29 is 52.6 Å². The zero-order valence-corrected chi connectivity index (χ0v) is 47.2. The highest BCUT2D eigenvalue weighted by atomic mass is 32.1. The lowest BCUT2D eigenvalue weighted by Crippen LogP contribution is -2.39. The normalized spacial score (nSPS) is 18.6. The molecule has 5 aliphatic rings. The van der Waals surface area contributed by atoms with Crippen LogP contribution >= 0.6 is 12.6 Å². The molecule has 5 atom stereocenters. The molecule has 0 saturated carbocycles. The van der Waals surface area contributed by atoms with E-state index in [0.717, 1.165) is 76.2 Å². The van der Waals surface area contributed by atoms with Gasteiger partial charge >= 0.3 is 0 Å². The van der Waals surface area contributed by atoms with Crippen molar-refractivity contribution >= 4 is 76.7 Å². The maximum absolute atomic E-state index is 14.2. The predicted octanol–water partition coefficient (Wildman–Crippen LogP) is 9.20. The number of rotatable bonds is 22. The van der Waals surface area contributed by atoms with Crippen LogP contribution in [0.15, 0.2) is 91.0 Å². The number of hydrogen-bond acceptors (Lipinski definition) is 12. The minimum Gasteiger partial charge on any atom is -0.493 e. The van der Waals surface area contributed by atoms with E-state index in [1.165, 1.54) is 5.56 Å². The molecule has 16 nitrogen and oxygen atoms in total. The van der Waals surface area contributed by atoms with Crippen LogP contribution in [-0.2, 0) is 67.7 Å². The van der Waals surface area contributed by atoms with Gasteiger partial charge in [-0.05, 0) is 165 Å². The molecule has 0 radical (unpaired) electrons. The van der Waals surface area contributed by atoms with Gasteiger partial charge in [-0.25, -0.2) is 0 Å². The fourth-order valence-electron chi connectivity index (χ4n) is 12.0. The van der Waals surface area contributed by atoms with Gasteiger partial charge in [0.25, 0.3) is 11.8 Å². The Balaban J connectivity index is 0.788. The second-order valence-corrected chi connectivity index (χ2v) is 22.9. The first kappa shape index (κ1) is 56.5. The Morgan fingerprint density at radius 2 is 1.23 bits per heavy atom. The van der Waals surface area contributed by atoms with Crippen LogP contribution < -0.4 is 34.6 Å². The Hall–Kier alpha value is -7.79. The van der Waals surface area contributed by atoms with Crippen LogP contribution in [0.2, 0.25) is 0 Å². The molecule has 2 N–H and O–H groups in total. The number of benzene rings is 5. The largest absolute Gasteiger partial charge is 0.493 e. The number of hydrogen-bond donors (Lipinski definition) is 3. The van der Waals surface area contributed by atoms with Gasteiger partial charge in [-0.2, -0.15) is 12.6 Å². The molecule has 5 heterocycles. The molecule has 5 aromatic rings. The highest BCUT2D eigenvalue weighted by Crippen LogP contribution is 2.42. The third kappa shape index (κ3) is 12.4. The Labute approximate surface area is 477 Å². The lowest BCUT2D eigenvalue weighted by molar-refractivity contribution is -0.138. The van der Waals surface area contributed by atoms with Crippen molar-refractivity contribution in [3.63, 3.8) is 0 Å². The minimum absolute atomic E-state index is 0.00677. The van der Waals surface area contributed by atoms with E-state index in [-0.39, 0.29) is 105 Å². The first-order chi connectivity index (χ1) is 39.0. The second kappa shape index (κ2) is 24.5. The molecule has 1 fully saturated rings. The fourth-order valence-corrected chi connectivity index (χ4v) is 12.3. The highest BCUT2D eigenvalue weighted by molar-refractivity contribution is 7.81. The van der Waals surface area contributed by atoms with Crippen LogP contribution in [0.3, 0.4) is 0 Å². The fraction of sp³-hybridized carbons (Fsp3) is 0.406. The summed E-state index contributed by atoms with van der Waals surface area (Å²) in [6, 6.07) is 28.5. The first-order valence-electron chi connectivity index (χ1n) is 28.3. The molecular weight excluding hydrogens is 1050 g/mol. The van der Waals surface area contributed by atoms with Crippen LogP contribution in [0, 0.1) is 12.8 Å². The quantitative estimate of drug-likeness (QED) is 0.0339. The summed E-state index contributed by atoms with van der Waals surface area (Å²) in [6.07, 6.45) is 6.41. The van der Waals surface area contributed by atoms with E-state index in [4.69, 9.17) is 14.2 Å². The van der Waals surface area contributed by atoms with Gasteiger partial charge in [0.15, 0.2) is 17.3 Å². The summed E-state index contributed by atoms with van der Waals surface area (Å²) in [6.45, 7) is 5.53. The minimum atomic E-state index is -0.855. The van der Waals surface area contributed by atoms with Crippen molar-refractivity contribution in [1.29, 1.82) is 0 Å². The number of likely N-dealkylation sites (tertiary alicyclic amines) is 1. The van der Waals surface area contributed by atoms with Crippen molar-refractivity contribution in [1.82, 2.24) is 10.2 Å². The number of unbranched alkanes of at least 4 members (excludes halogenated alkanes) is 1. The van der Waals surface area contributed by atoms with Gasteiger partial charge in [0, 0.05) is 84.8 Å². The Kier molecular flexibility index (Phi) is 17.1. The monoisotopic (exact) mass is 1120 g/mol. The van der Waals surface area contributed by atoms with Crippen molar-refractivity contribution in [3.8, 4) is 17.2 Å². The molecule has 5 aromatic carbocycles. The smallest absolute Gasteiger partial charge is 0.258 e. The molecule has 0 aliphatic carbocycles. The summed E-state index contributed by atoms with van der Waals surface area (Å²) in [5, 5.41) is 5.12. The number of ketones is 2. The predicted molar refractivity (Wildman–Crippen MR) is 309 cm³/mol. The molecule has 17 heteroatoms. The van der Waals surface area contributed by atoms with Crippen LogP contribution in [0.1, 0.15) is 138 Å². The van der Waals surface area contributed by atoms with Crippen molar-refractivity contribution in [2.24, 2.45) is 5.92 Å². The van der Waals surface area contributed by atoms with Gasteiger partial charge in [-0.3, -0.25) is 43.3 Å².